The molecular formula is C12H16N4O. The van der Waals surface area contributed by atoms with E-state index in [9.17, 15) is 4.79 Å². The molecule has 0 unspecified atom stereocenters. The van der Waals surface area contributed by atoms with Gasteiger partial charge in [-0.15, -0.1) is 5.11 Å². The summed E-state index contributed by atoms with van der Waals surface area (Å²) in [5, 5.41) is 13.5. The van der Waals surface area contributed by atoms with Crippen LogP contribution in [0.3, 0.4) is 0 Å². The summed E-state index contributed by atoms with van der Waals surface area (Å²) in [5.74, 6) is 0.0654. The Kier molecular flexibility index (Phi) is 3.82. The SMILES string of the molecule is CC(=O)c1ccc(/N=N/N2CCNCC2)cc1. The first-order valence-corrected chi connectivity index (χ1v) is 5.74. The summed E-state index contributed by atoms with van der Waals surface area (Å²) in [6.07, 6.45) is 0. The summed E-state index contributed by atoms with van der Waals surface area (Å²) in [7, 11) is 0. The Morgan fingerprint density at radius 2 is 1.88 bits per heavy atom. The highest BCUT2D eigenvalue weighted by molar-refractivity contribution is 5.94. The van der Waals surface area contributed by atoms with Gasteiger partial charge in [0.25, 0.3) is 0 Å². The summed E-state index contributed by atoms with van der Waals surface area (Å²) in [5.41, 5.74) is 1.47. The summed E-state index contributed by atoms with van der Waals surface area (Å²) < 4.78 is 0. The molecule has 90 valence electrons. The van der Waals surface area contributed by atoms with Crippen LogP contribution in [0.2, 0.25) is 0 Å². The van der Waals surface area contributed by atoms with Crippen molar-refractivity contribution in [2.24, 2.45) is 10.3 Å². The average Bonchev–Trinajstić information content (AvgIpc) is 2.38. The van der Waals surface area contributed by atoms with Crippen molar-refractivity contribution in [3.05, 3.63) is 29.8 Å². The number of rotatable bonds is 3. The lowest BCUT2D eigenvalue weighted by atomic mass is 10.1. The lowest BCUT2D eigenvalue weighted by Crippen LogP contribution is -2.40. The van der Waals surface area contributed by atoms with Crippen LogP contribution in [0, 0.1) is 0 Å². The molecule has 0 spiro atoms. The molecule has 5 nitrogen and oxygen atoms in total. The molecule has 5 heteroatoms. The van der Waals surface area contributed by atoms with E-state index < -0.39 is 0 Å². The monoisotopic (exact) mass is 232 g/mol. The fourth-order valence-corrected chi connectivity index (χ4v) is 1.62. The third kappa shape index (κ3) is 3.35. The van der Waals surface area contributed by atoms with Crippen molar-refractivity contribution >= 4 is 11.5 Å². The maximum absolute atomic E-state index is 11.1. The molecule has 1 N–H and O–H groups in total. The first-order valence-electron chi connectivity index (χ1n) is 5.74. The summed E-state index contributed by atoms with van der Waals surface area (Å²) >= 11 is 0. The zero-order valence-electron chi connectivity index (χ0n) is 9.89. The van der Waals surface area contributed by atoms with Gasteiger partial charge in [0, 0.05) is 18.7 Å². The van der Waals surface area contributed by atoms with Crippen molar-refractivity contribution in [2.75, 3.05) is 26.2 Å². The maximum Gasteiger partial charge on any atom is 0.159 e. The van der Waals surface area contributed by atoms with Gasteiger partial charge in [0.05, 0.1) is 18.8 Å². The second kappa shape index (κ2) is 5.54. The molecule has 17 heavy (non-hydrogen) atoms. The maximum atomic E-state index is 11.1. The van der Waals surface area contributed by atoms with Gasteiger partial charge in [-0.25, -0.2) is 0 Å². The molecule has 1 aliphatic heterocycles. The fourth-order valence-electron chi connectivity index (χ4n) is 1.62. The van der Waals surface area contributed by atoms with Crippen LogP contribution in [0.25, 0.3) is 0 Å². The van der Waals surface area contributed by atoms with E-state index in [1.54, 1.807) is 19.1 Å². The van der Waals surface area contributed by atoms with Crippen LogP contribution in [0.15, 0.2) is 34.6 Å². The number of hydrogen-bond donors (Lipinski definition) is 1. The predicted octanol–water partition coefficient (Wildman–Crippen LogP) is 1.79. The van der Waals surface area contributed by atoms with E-state index in [4.69, 9.17) is 0 Å². The Morgan fingerprint density at radius 3 is 2.47 bits per heavy atom. The number of carbonyl (C=O) groups excluding carboxylic acids is 1. The van der Waals surface area contributed by atoms with E-state index in [0.717, 1.165) is 31.9 Å². The van der Waals surface area contributed by atoms with Gasteiger partial charge >= 0.3 is 0 Å². The topological polar surface area (TPSA) is 57.1 Å². The van der Waals surface area contributed by atoms with Crippen molar-refractivity contribution in [3.8, 4) is 0 Å². The first-order chi connectivity index (χ1) is 8.25. The van der Waals surface area contributed by atoms with Gasteiger partial charge in [0.1, 0.15) is 0 Å². The molecule has 1 aromatic rings. The van der Waals surface area contributed by atoms with Crippen LogP contribution in [0.4, 0.5) is 5.69 Å². The third-order valence-electron chi connectivity index (χ3n) is 2.65. The largest absolute Gasteiger partial charge is 0.313 e. The molecule has 0 atom stereocenters. The molecule has 0 radical (unpaired) electrons. The zero-order chi connectivity index (χ0) is 12.1. The smallest absolute Gasteiger partial charge is 0.159 e. The van der Waals surface area contributed by atoms with E-state index in [0.29, 0.717) is 5.56 Å². The van der Waals surface area contributed by atoms with Gasteiger partial charge in [-0.3, -0.25) is 9.80 Å². The Morgan fingerprint density at radius 1 is 1.24 bits per heavy atom. The number of hydrogen-bond acceptors (Lipinski definition) is 4. The van der Waals surface area contributed by atoms with Crippen molar-refractivity contribution in [2.45, 2.75) is 6.92 Å². The molecular weight excluding hydrogens is 216 g/mol. The Balaban J connectivity index is 1.98. The van der Waals surface area contributed by atoms with E-state index in [1.165, 1.54) is 0 Å². The second-order valence-electron chi connectivity index (χ2n) is 4.00. The number of nitrogens with one attached hydrogen (secondary N) is 1. The van der Waals surface area contributed by atoms with Crippen molar-refractivity contribution in [3.63, 3.8) is 0 Å². The number of Topliss-reactive ketones (excluding diaryl/α,β-unsaturated/α-hetero) is 1. The number of ketones is 1. The third-order valence-corrected chi connectivity index (χ3v) is 2.65. The Bertz CT molecular complexity index is 407. The number of piperazine rings is 1. The van der Waals surface area contributed by atoms with Crippen LogP contribution >= 0.6 is 0 Å². The molecule has 2 rings (SSSR count). The van der Waals surface area contributed by atoms with E-state index in [2.05, 4.69) is 15.7 Å². The molecule has 1 aliphatic rings. The van der Waals surface area contributed by atoms with Crippen LogP contribution < -0.4 is 5.32 Å². The Labute approximate surface area is 101 Å². The van der Waals surface area contributed by atoms with E-state index >= 15 is 0 Å². The minimum Gasteiger partial charge on any atom is -0.313 e. The minimum atomic E-state index is 0.0654. The molecule has 0 saturated carbocycles. The van der Waals surface area contributed by atoms with Gasteiger partial charge in [0.2, 0.25) is 0 Å². The van der Waals surface area contributed by atoms with Gasteiger partial charge in [-0.05, 0) is 31.2 Å². The first kappa shape index (κ1) is 11.7. The highest BCUT2D eigenvalue weighted by Crippen LogP contribution is 2.14. The predicted molar refractivity (Wildman–Crippen MR) is 65.4 cm³/mol. The van der Waals surface area contributed by atoms with Crippen molar-refractivity contribution < 1.29 is 4.79 Å². The molecule has 0 aromatic heterocycles. The number of nitrogens with zero attached hydrogens (tertiary/aromatic N) is 3. The zero-order valence-corrected chi connectivity index (χ0v) is 9.89. The lowest BCUT2D eigenvalue weighted by molar-refractivity contribution is 0.101. The van der Waals surface area contributed by atoms with Crippen LogP contribution in [0.5, 0.6) is 0 Å². The normalized spacial score (nSPS) is 16.4. The lowest BCUT2D eigenvalue weighted by Gasteiger charge is -2.22. The van der Waals surface area contributed by atoms with Crippen molar-refractivity contribution in [1.82, 2.24) is 10.3 Å². The molecule has 1 heterocycles. The fraction of sp³-hybridized carbons (Fsp3) is 0.417. The quantitative estimate of drug-likeness (QED) is 0.638. The molecule has 1 fully saturated rings. The minimum absolute atomic E-state index is 0.0654. The average molecular weight is 232 g/mol. The highest BCUT2D eigenvalue weighted by atomic mass is 16.1. The second-order valence-corrected chi connectivity index (χ2v) is 4.00. The number of benzene rings is 1. The van der Waals surface area contributed by atoms with Crippen LogP contribution in [0.1, 0.15) is 17.3 Å². The summed E-state index contributed by atoms with van der Waals surface area (Å²) in [6.45, 7) is 5.21. The molecule has 0 aliphatic carbocycles. The standard InChI is InChI=1S/C12H16N4O/c1-10(17)11-2-4-12(5-3-11)14-15-16-8-6-13-7-9-16/h2-5,13H,6-9H2,1H3/b15-14+. The highest BCUT2D eigenvalue weighted by Gasteiger charge is 2.06. The molecule has 0 bridgehead atoms. The van der Waals surface area contributed by atoms with Crippen LogP contribution in [-0.4, -0.2) is 37.0 Å². The summed E-state index contributed by atoms with van der Waals surface area (Å²) in [4.78, 5) is 11.1. The van der Waals surface area contributed by atoms with E-state index in [-0.39, 0.29) is 5.78 Å². The van der Waals surface area contributed by atoms with E-state index in [1.807, 2.05) is 17.1 Å². The molecule has 0 amide bonds. The number of carbonyl (C=O) groups is 1. The van der Waals surface area contributed by atoms with Gasteiger partial charge in [0.15, 0.2) is 5.78 Å². The molecule has 1 aromatic carbocycles. The van der Waals surface area contributed by atoms with Crippen molar-refractivity contribution in [1.29, 1.82) is 0 Å². The van der Waals surface area contributed by atoms with Gasteiger partial charge in [-0.1, -0.05) is 5.22 Å². The van der Waals surface area contributed by atoms with Gasteiger partial charge < -0.3 is 5.32 Å². The molecule has 1 saturated heterocycles. The Hall–Kier alpha value is -1.75. The summed E-state index contributed by atoms with van der Waals surface area (Å²) in [6, 6.07) is 7.16. The van der Waals surface area contributed by atoms with Crippen LogP contribution in [-0.2, 0) is 0 Å². The van der Waals surface area contributed by atoms with Gasteiger partial charge in [-0.2, -0.15) is 0 Å².